The number of hydrogen-bond donors (Lipinski definition) is 1. The lowest BCUT2D eigenvalue weighted by Crippen LogP contribution is -1.97. The maximum Gasteiger partial charge on any atom is 0.180 e. The molecule has 3 aromatic heterocycles. The number of nitrogens with one attached hydrogen (secondary N) is 1. The van der Waals surface area contributed by atoms with Gasteiger partial charge >= 0.3 is 0 Å². The summed E-state index contributed by atoms with van der Waals surface area (Å²) in [5.74, 6) is 0.723. The van der Waals surface area contributed by atoms with Crippen molar-refractivity contribution < 1.29 is 0 Å². The van der Waals surface area contributed by atoms with Crippen LogP contribution in [0.4, 0.5) is 11.5 Å². The summed E-state index contributed by atoms with van der Waals surface area (Å²) in [6.07, 6.45) is 10.7. The number of nitrogens with zero attached hydrogens (tertiary/aromatic N) is 4. The molecule has 78 valence electrons. The molecule has 3 rings (SSSR count). The maximum atomic E-state index is 4.25. The SMILES string of the molecule is c1cncc(Nc2nccn3ccnc23)c1. The summed E-state index contributed by atoms with van der Waals surface area (Å²) >= 11 is 0. The molecule has 5 heteroatoms. The lowest BCUT2D eigenvalue weighted by atomic mass is 10.4. The predicted octanol–water partition coefficient (Wildman–Crippen LogP) is 1.87. The van der Waals surface area contributed by atoms with Crippen LogP contribution in [0.2, 0.25) is 0 Å². The second-order valence-electron chi connectivity index (χ2n) is 3.30. The summed E-state index contributed by atoms with van der Waals surface area (Å²) in [4.78, 5) is 12.5. The Morgan fingerprint density at radius 3 is 2.75 bits per heavy atom. The number of fused-ring (bicyclic) bond motifs is 1. The summed E-state index contributed by atoms with van der Waals surface area (Å²) in [6, 6.07) is 3.80. The van der Waals surface area contributed by atoms with Gasteiger partial charge in [0, 0.05) is 31.0 Å². The molecule has 0 spiro atoms. The van der Waals surface area contributed by atoms with Crippen LogP contribution in [0.1, 0.15) is 0 Å². The van der Waals surface area contributed by atoms with E-state index in [0.29, 0.717) is 0 Å². The molecule has 16 heavy (non-hydrogen) atoms. The van der Waals surface area contributed by atoms with E-state index >= 15 is 0 Å². The third kappa shape index (κ3) is 1.48. The van der Waals surface area contributed by atoms with E-state index in [1.807, 2.05) is 28.9 Å². The van der Waals surface area contributed by atoms with Crippen molar-refractivity contribution in [1.82, 2.24) is 19.4 Å². The van der Waals surface area contributed by atoms with E-state index in [4.69, 9.17) is 0 Å². The topological polar surface area (TPSA) is 55.1 Å². The molecule has 0 saturated carbocycles. The first-order valence-electron chi connectivity index (χ1n) is 4.88. The molecule has 5 nitrogen and oxygen atoms in total. The van der Waals surface area contributed by atoms with Gasteiger partial charge in [0.25, 0.3) is 0 Å². The van der Waals surface area contributed by atoms with Crippen LogP contribution in [0.15, 0.2) is 49.3 Å². The number of hydrogen-bond acceptors (Lipinski definition) is 4. The molecule has 0 atom stereocenters. The molecule has 0 aromatic carbocycles. The van der Waals surface area contributed by atoms with E-state index < -0.39 is 0 Å². The zero-order valence-electron chi connectivity index (χ0n) is 8.41. The van der Waals surface area contributed by atoms with Crippen molar-refractivity contribution in [2.24, 2.45) is 0 Å². The van der Waals surface area contributed by atoms with Crippen molar-refractivity contribution in [2.45, 2.75) is 0 Å². The Bertz CT molecular complexity index is 602. The molecule has 0 bridgehead atoms. The van der Waals surface area contributed by atoms with Crippen LogP contribution in [0.25, 0.3) is 5.65 Å². The van der Waals surface area contributed by atoms with Gasteiger partial charge in [0.2, 0.25) is 0 Å². The average Bonchev–Trinajstić information content (AvgIpc) is 2.80. The van der Waals surface area contributed by atoms with E-state index in [0.717, 1.165) is 17.2 Å². The molecule has 0 aliphatic rings. The molecule has 0 amide bonds. The molecule has 0 aliphatic carbocycles. The number of pyridine rings is 1. The van der Waals surface area contributed by atoms with Gasteiger partial charge in [-0.15, -0.1) is 0 Å². The molecular weight excluding hydrogens is 202 g/mol. The van der Waals surface area contributed by atoms with Gasteiger partial charge in [0.15, 0.2) is 11.5 Å². The summed E-state index contributed by atoms with van der Waals surface area (Å²) in [5.41, 5.74) is 1.69. The van der Waals surface area contributed by atoms with Crippen LogP contribution < -0.4 is 5.32 Å². The smallest absolute Gasteiger partial charge is 0.180 e. The first kappa shape index (κ1) is 8.84. The van der Waals surface area contributed by atoms with Crippen molar-refractivity contribution in [3.63, 3.8) is 0 Å². The van der Waals surface area contributed by atoms with E-state index in [2.05, 4.69) is 20.3 Å². The first-order valence-corrected chi connectivity index (χ1v) is 4.88. The largest absolute Gasteiger partial charge is 0.336 e. The molecule has 0 radical (unpaired) electrons. The fourth-order valence-electron chi connectivity index (χ4n) is 1.52. The normalized spacial score (nSPS) is 10.5. The Labute approximate surface area is 91.8 Å². The number of rotatable bonds is 2. The van der Waals surface area contributed by atoms with Crippen LogP contribution in [0.3, 0.4) is 0 Å². The monoisotopic (exact) mass is 211 g/mol. The van der Waals surface area contributed by atoms with Gasteiger partial charge in [-0.1, -0.05) is 0 Å². The number of anilines is 2. The van der Waals surface area contributed by atoms with Crippen molar-refractivity contribution in [2.75, 3.05) is 5.32 Å². The second-order valence-corrected chi connectivity index (χ2v) is 3.30. The van der Waals surface area contributed by atoms with E-state index in [9.17, 15) is 0 Å². The zero-order chi connectivity index (χ0) is 10.8. The van der Waals surface area contributed by atoms with Gasteiger partial charge in [-0.2, -0.15) is 0 Å². The van der Waals surface area contributed by atoms with Crippen molar-refractivity contribution in [3.05, 3.63) is 49.3 Å². The molecule has 3 heterocycles. The third-order valence-electron chi connectivity index (χ3n) is 2.24. The van der Waals surface area contributed by atoms with Gasteiger partial charge in [0.1, 0.15) is 0 Å². The van der Waals surface area contributed by atoms with Crippen LogP contribution in [0, 0.1) is 0 Å². The molecular formula is C11H9N5. The Morgan fingerprint density at radius 2 is 1.94 bits per heavy atom. The molecule has 0 fully saturated rings. The van der Waals surface area contributed by atoms with E-state index in [1.165, 1.54) is 0 Å². The third-order valence-corrected chi connectivity index (χ3v) is 2.24. The molecule has 3 aromatic rings. The summed E-state index contributed by atoms with van der Waals surface area (Å²) in [6.45, 7) is 0. The van der Waals surface area contributed by atoms with Crippen LogP contribution in [-0.4, -0.2) is 19.4 Å². The van der Waals surface area contributed by atoms with E-state index in [1.54, 1.807) is 24.8 Å². The minimum absolute atomic E-state index is 0.723. The fourth-order valence-corrected chi connectivity index (χ4v) is 1.52. The lowest BCUT2D eigenvalue weighted by molar-refractivity contribution is 1.13. The number of aromatic nitrogens is 4. The van der Waals surface area contributed by atoms with Crippen molar-refractivity contribution in [3.8, 4) is 0 Å². The van der Waals surface area contributed by atoms with Gasteiger partial charge in [-0.3, -0.25) is 4.98 Å². The molecule has 1 N–H and O–H groups in total. The summed E-state index contributed by atoms with van der Waals surface area (Å²) in [5, 5.41) is 3.18. The Hall–Kier alpha value is -2.43. The van der Waals surface area contributed by atoms with Gasteiger partial charge in [0.05, 0.1) is 11.9 Å². The van der Waals surface area contributed by atoms with Gasteiger partial charge < -0.3 is 9.72 Å². The van der Waals surface area contributed by atoms with Gasteiger partial charge in [-0.25, -0.2) is 9.97 Å². The maximum absolute atomic E-state index is 4.25. The highest BCUT2D eigenvalue weighted by Crippen LogP contribution is 2.16. The highest BCUT2D eigenvalue weighted by molar-refractivity contribution is 5.68. The van der Waals surface area contributed by atoms with Gasteiger partial charge in [-0.05, 0) is 12.1 Å². The highest BCUT2D eigenvalue weighted by Gasteiger charge is 2.03. The zero-order valence-corrected chi connectivity index (χ0v) is 8.41. The van der Waals surface area contributed by atoms with E-state index in [-0.39, 0.29) is 0 Å². The minimum Gasteiger partial charge on any atom is -0.336 e. The molecule has 0 aliphatic heterocycles. The minimum atomic E-state index is 0.723. The lowest BCUT2D eigenvalue weighted by Gasteiger charge is -2.05. The second kappa shape index (κ2) is 3.62. The first-order chi connectivity index (χ1) is 7.93. The summed E-state index contributed by atoms with van der Waals surface area (Å²) in [7, 11) is 0. The molecule has 0 unspecified atom stereocenters. The molecule has 0 saturated heterocycles. The number of imidazole rings is 1. The predicted molar refractivity (Wildman–Crippen MR) is 60.5 cm³/mol. The Balaban J connectivity index is 2.04. The highest BCUT2D eigenvalue weighted by atomic mass is 15.1. The van der Waals surface area contributed by atoms with Crippen LogP contribution in [0.5, 0.6) is 0 Å². The van der Waals surface area contributed by atoms with Crippen LogP contribution in [-0.2, 0) is 0 Å². The van der Waals surface area contributed by atoms with Crippen LogP contribution >= 0.6 is 0 Å². The Kier molecular flexibility index (Phi) is 2.00. The Morgan fingerprint density at radius 1 is 1.06 bits per heavy atom. The van der Waals surface area contributed by atoms with Crippen molar-refractivity contribution >= 4 is 17.2 Å². The quantitative estimate of drug-likeness (QED) is 0.703. The standard InChI is InChI=1S/C11H9N5/c1-2-9(8-12-3-1)15-10-11-14-5-7-16(11)6-4-13-10/h1-8H,(H,13,15). The fraction of sp³-hybridized carbons (Fsp3) is 0. The summed E-state index contributed by atoms with van der Waals surface area (Å²) < 4.78 is 1.91. The average molecular weight is 211 g/mol. The van der Waals surface area contributed by atoms with Crippen molar-refractivity contribution in [1.29, 1.82) is 0 Å².